The summed E-state index contributed by atoms with van der Waals surface area (Å²) >= 11 is 0. The molecular formula is C31H30N2O5. The van der Waals surface area contributed by atoms with Crippen LogP contribution in [-0.4, -0.2) is 25.2 Å². The fourth-order valence-electron chi connectivity index (χ4n) is 3.83. The van der Waals surface area contributed by atoms with Gasteiger partial charge in [0.2, 0.25) is 0 Å². The van der Waals surface area contributed by atoms with Crippen LogP contribution in [0.2, 0.25) is 0 Å². The highest BCUT2D eigenvalue weighted by Crippen LogP contribution is 2.32. The number of esters is 1. The number of rotatable bonds is 9. The molecule has 0 bridgehead atoms. The van der Waals surface area contributed by atoms with Crippen LogP contribution in [0.15, 0.2) is 103 Å². The fraction of sp³-hybridized carbons (Fsp3) is 0.161. The van der Waals surface area contributed by atoms with Crippen molar-refractivity contribution >= 4 is 23.4 Å². The lowest BCUT2D eigenvalue weighted by Gasteiger charge is -2.22. The average Bonchev–Trinajstić information content (AvgIpc) is 2.93. The van der Waals surface area contributed by atoms with Gasteiger partial charge in [0.05, 0.1) is 13.2 Å². The molecular weight excluding hydrogens is 480 g/mol. The Labute approximate surface area is 222 Å². The molecule has 4 aromatic carbocycles. The molecule has 0 aliphatic carbocycles. The maximum Gasteiger partial charge on any atom is 0.342 e. The number of urea groups is 1. The molecule has 4 aromatic rings. The summed E-state index contributed by atoms with van der Waals surface area (Å²) in [7, 11) is 1.58. The molecule has 0 atom stereocenters. The molecule has 2 amide bonds. The predicted octanol–water partition coefficient (Wildman–Crippen LogP) is 7.07. The van der Waals surface area contributed by atoms with Gasteiger partial charge in [-0.1, -0.05) is 60.7 Å². The summed E-state index contributed by atoms with van der Waals surface area (Å²) in [5.41, 5.74) is 3.08. The minimum atomic E-state index is -0.547. The second-order valence-corrected chi connectivity index (χ2v) is 8.79. The van der Waals surface area contributed by atoms with Crippen molar-refractivity contribution in [2.24, 2.45) is 0 Å². The zero-order valence-corrected chi connectivity index (χ0v) is 21.5. The fourth-order valence-corrected chi connectivity index (χ4v) is 3.83. The molecule has 0 aliphatic heterocycles. The third-order valence-electron chi connectivity index (χ3n) is 5.60. The Morgan fingerprint density at radius 1 is 0.711 bits per heavy atom. The molecule has 0 saturated carbocycles. The Balaban J connectivity index is 1.61. The number of methoxy groups -OCH3 is 1. The van der Waals surface area contributed by atoms with E-state index in [2.05, 4.69) is 10.6 Å². The van der Waals surface area contributed by atoms with E-state index in [4.69, 9.17) is 14.2 Å². The molecule has 194 valence electrons. The molecule has 0 aromatic heterocycles. The zero-order chi connectivity index (χ0) is 26.9. The van der Waals surface area contributed by atoms with Gasteiger partial charge in [-0.15, -0.1) is 0 Å². The van der Waals surface area contributed by atoms with Crippen LogP contribution < -0.4 is 20.1 Å². The predicted molar refractivity (Wildman–Crippen MR) is 148 cm³/mol. The summed E-state index contributed by atoms with van der Waals surface area (Å²) in [6, 6.07) is 30.9. The highest BCUT2D eigenvalue weighted by Gasteiger charge is 2.22. The van der Waals surface area contributed by atoms with E-state index >= 15 is 0 Å². The van der Waals surface area contributed by atoms with E-state index in [1.807, 2.05) is 60.7 Å². The van der Waals surface area contributed by atoms with E-state index in [1.165, 1.54) is 0 Å². The van der Waals surface area contributed by atoms with Crippen LogP contribution in [0.1, 0.15) is 41.4 Å². The van der Waals surface area contributed by atoms with Gasteiger partial charge in [-0.3, -0.25) is 0 Å². The van der Waals surface area contributed by atoms with Gasteiger partial charge in [0.25, 0.3) is 0 Å². The molecule has 2 N–H and O–H groups in total. The summed E-state index contributed by atoms with van der Waals surface area (Å²) < 4.78 is 17.1. The Bertz CT molecular complexity index is 1320. The molecule has 0 saturated heterocycles. The van der Waals surface area contributed by atoms with Crippen LogP contribution >= 0.6 is 0 Å². The number of hydrogen-bond acceptors (Lipinski definition) is 5. The molecule has 0 aliphatic rings. The first kappa shape index (κ1) is 26.3. The van der Waals surface area contributed by atoms with Crippen molar-refractivity contribution in [3.05, 3.63) is 120 Å². The number of anilines is 2. The van der Waals surface area contributed by atoms with Gasteiger partial charge in [-0.05, 0) is 67.4 Å². The lowest BCUT2D eigenvalue weighted by Crippen LogP contribution is -2.20. The van der Waals surface area contributed by atoms with Crippen LogP contribution in [0.25, 0.3) is 0 Å². The first-order valence-corrected chi connectivity index (χ1v) is 12.3. The molecule has 7 heteroatoms. The van der Waals surface area contributed by atoms with Crippen LogP contribution in [0, 0.1) is 0 Å². The normalized spacial score (nSPS) is 10.7. The van der Waals surface area contributed by atoms with Crippen molar-refractivity contribution in [3.8, 4) is 11.5 Å². The smallest absolute Gasteiger partial charge is 0.342 e. The number of hydrogen-bond donors (Lipinski definition) is 2. The van der Waals surface area contributed by atoms with Crippen LogP contribution in [0.3, 0.4) is 0 Å². The molecule has 0 radical (unpaired) electrons. The maximum atomic E-state index is 13.1. The minimum Gasteiger partial charge on any atom is -0.497 e. The summed E-state index contributed by atoms with van der Waals surface area (Å²) in [5, 5.41) is 5.53. The van der Waals surface area contributed by atoms with Crippen molar-refractivity contribution in [1.29, 1.82) is 0 Å². The maximum absolute atomic E-state index is 13.1. The van der Waals surface area contributed by atoms with E-state index in [1.54, 1.807) is 63.4 Å². The van der Waals surface area contributed by atoms with Crippen LogP contribution in [-0.2, 0) is 4.74 Å². The second kappa shape index (κ2) is 12.5. The lowest BCUT2D eigenvalue weighted by atomic mass is 10.0. The third-order valence-corrected chi connectivity index (χ3v) is 5.60. The van der Waals surface area contributed by atoms with Gasteiger partial charge < -0.3 is 24.8 Å². The van der Waals surface area contributed by atoms with Crippen molar-refractivity contribution in [2.45, 2.75) is 26.1 Å². The summed E-state index contributed by atoms with van der Waals surface area (Å²) in [6.07, 6.45) is -0.787. The highest BCUT2D eigenvalue weighted by atomic mass is 16.5. The van der Waals surface area contributed by atoms with Gasteiger partial charge in [0.1, 0.15) is 23.2 Å². The van der Waals surface area contributed by atoms with E-state index in [0.717, 1.165) is 11.1 Å². The lowest BCUT2D eigenvalue weighted by molar-refractivity contribution is 0.0372. The number of carbonyl (C=O) groups excluding carboxylic acids is 2. The van der Waals surface area contributed by atoms with Crippen molar-refractivity contribution < 1.29 is 23.8 Å². The number of ether oxygens (including phenoxy) is 3. The zero-order valence-electron chi connectivity index (χ0n) is 21.5. The Hall–Kier alpha value is -4.78. The van der Waals surface area contributed by atoms with Gasteiger partial charge in [-0.2, -0.15) is 0 Å². The monoisotopic (exact) mass is 510 g/mol. The van der Waals surface area contributed by atoms with Gasteiger partial charge in [-0.25, -0.2) is 9.59 Å². The quantitative estimate of drug-likeness (QED) is 0.235. The van der Waals surface area contributed by atoms with E-state index in [-0.39, 0.29) is 11.7 Å². The molecule has 7 nitrogen and oxygen atoms in total. The van der Waals surface area contributed by atoms with E-state index in [9.17, 15) is 9.59 Å². The topological polar surface area (TPSA) is 85.9 Å². The Morgan fingerprint density at radius 3 is 1.82 bits per heavy atom. The summed E-state index contributed by atoms with van der Waals surface area (Å²) in [6.45, 7) is 3.55. The van der Waals surface area contributed by atoms with Gasteiger partial charge in [0.15, 0.2) is 0 Å². The average molecular weight is 511 g/mol. The number of amides is 2. The molecule has 0 heterocycles. The molecule has 0 fully saturated rings. The third kappa shape index (κ3) is 6.91. The first-order valence-electron chi connectivity index (χ1n) is 12.3. The molecule has 38 heavy (non-hydrogen) atoms. The van der Waals surface area contributed by atoms with Crippen LogP contribution in [0.4, 0.5) is 16.2 Å². The van der Waals surface area contributed by atoms with E-state index < -0.39 is 18.1 Å². The highest BCUT2D eigenvalue weighted by molar-refractivity contribution is 6.01. The van der Waals surface area contributed by atoms with E-state index in [0.29, 0.717) is 22.9 Å². The number of carbonyl (C=O) groups is 2. The SMILES string of the molecule is COc1ccc(NC(=O)Nc2ccc(OC(c3ccccc3)c3ccccc3)c(C(=O)OC(C)C)c2)cc1. The number of benzene rings is 4. The molecule has 0 unspecified atom stereocenters. The Kier molecular flexibility index (Phi) is 8.61. The first-order chi connectivity index (χ1) is 18.4. The van der Waals surface area contributed by atoms with Gasteiger partial charge >= 0.3 is 12.0 Å². The van der Waals surface area contributed by atoms with Gasteiger partial charge in [0, 0.05) is 11.4 Å². The molecule has 0 spiro atoms. The summed E-state index contributed by atoms with van der Waals surface area (Å²) in [5.74, 6) is 0.479. The second-order valence-electron chi connectivity index (χ2n) is 8.79. The van der Waals surface area contributed by atoms with Crippen molar-refractivity contribution in [2.75, 3.05) is 17.7 Å². The van der Waals surface area contributed by atoms with Crippen molar-refractivity contribution in [1.82, 2.24) is 0 Å². The Morgan fingerprint density at radius 2 is 1.26 bits per heavy atom. The standard InChI is InChI=1S/C31H30N2O5/c1-21(2)37-30(34)27-20-25(33-31(35)32-24-14-17-26(36-3)18-15-24)16-19-28(27)38-29(22-10-6-4-7-11-22)23-12-8-5-9-13-23/h4-21,29H,1-3H3,(H2,32,33,35). The minimum absolute atomic E-state index is 0.206. The number of nitrogens with one attached hydrogen (secondary N) is 2. The van der Waals surface area contributed by atoms with Crippen LogP contribution in [0.5, 0.6) is 11.5 Å². The largest absolute Gasteiger partial charge is 0.497 e. The van der Waals surface area contributed by atoms with Crippen molar-refractivity contribution in [3.63, 3.8) is 0 Å². The molecule has 4 rings (SSSR count). The summed E-state index contributed by atoms with van der Waals surface area (Å²) in [4.78, 5) is 25.7.